The molecular weight excluding hydrogens is 348 g/mol. The molecule has 0 fully saturated rings. The average molecular weight is 369 g/mol. The summed E-state index contributed by atoms with van der Waals surface area (Å²) in [6, 6.07) is 15.6. The van der Waals surface area contributed by atoms with Crippen LogP contribution in [-0.2, 0) is 17.8 Å². The number of halogens is 1. The number of hydrogen-bond donors (Lipinski definition) is 1. The fourth-order valence-electron chi connectivity index (χ4n) is 3.49. The molecule has 0 radical (unpaired) electrons. The summed E-state index contributed by atoms with van der Waals surface area (Å²) in [4.78, 5) is 18.0. The molecule has 4 rings (SSSR count). The molecule has 26 heavy (non-hydrogen) atoms. The summed E-state index contributed by atoms with van der Waals surface area (Å²) in [5.74, 6) is 1.03. The van der Waals surface area contributed by atoms with Crippen LogP contribution in [0.25, 0.3) is 10.9 Å². The van der Waals surface area contributed by atoms with Crippen molar-refractivity contribution in [3.05, 3.63) is 64.8 Å². The topological polar surface area (TPSA) is 45.3 Å². The van der Waals surface area contributed by atoms with E-state index in [1.807, 2.05) is 53.4 Å². The number of H-pyrrole nitrogens is 1. The molecule has 0 atom stereocenters. The second kappa shape index (κ2) is 7.42. The summed E-state index contributed by atoms with van der Waals surface area (Å²) >= 11 is 6.14. The molecule has 2 heterocycles. The van der Waals surface area contributed by atoms with Gasteiger partial charge in [-0.15, -0.1) is 0 Å². The molecule has 0 bridgehead atoms. The van der Waals surface area contributed by atoms with Crippen LogP contribution in [0, 0.1) is 0 Å². The van der Waals surface area contributed by atoms with Crippen molar-refractivity contribution >= 4 is 28.4 Å². The minimum absolute atomic E-state index is 0.184. The van der Waals surface area contributed by atoms with Gasteiger partial charge in [0.15, 0.2) is 0 Å². The number of para-hydroxylation sites is 1. The zero-order valence-electron chi connectivity index (χ0n) is 14.5. The largest absolute Gasteiger partial charge is 0.494 e. The highest BCUT2D eigenvalue weighted by Gasteiger charge is 2.23. The molecule has 2 aromatic carbocycles. The number of ether oxygens (including phenoxy) is 1. The first-order valence-electron chi connectivity index (χ1n) is 8.95. The van der Waals surface area contributed by atoms with E-state index in [1.165, 1.54) is 11.3 Å². The van der Waals surface area contributed by atoms with Crippen molar-refractivity contribution in [1.82, 2.24) is 9.88 Å². The molecular formula is C21H21ClN2O2. The fraction of sp³-hybridized carbons (Fsp3) is 0.286. The maximum atomic E-state index is 12.6. The zero-order valence-corrected chi connectivity index (χ0v) is 15.3. The van der Waals surface area contributed by atoms with Gasteiger partial charge in [0.1, 0.15) is 5.75 Å². The Bertz CT molecular complexity index is 920. The number of aromatic amines is 1. The molecule has 0 aliphatic carbocycles. The highest BCUT2D eigenvalue weighted by molar-refractivity contribution is 6.31. The number of carbonyl (C=O) groups excluding carboxylic acids is 1. The van der Waals surface area contributed by atoms with Crippen LogP contribution in [0.5, 0.6) is 5.75 Å². The van der Waals surface area contributed by atoms with Gasteiger partial charge in [-0.3, -0.25) is 4.79 Å². The lowest BCUT2D eigenvalue weighted by molar-refractivity contribution is -0.132. The van der Waals surface area contributed by atoms with Gasteiger partial charge in [0.2, 0.25) is 5.91 Å². The molecule has 5 heteroatoms. The summed E-state index contributed by atoms with van der Waals surface area (Å²) in [5.41, 5.74) is 3.51. The number of benzene rings is 2. The van der Waals surface area contributed by atoms with Crippen molar-refractivity contribution in [2.45, 2.75) is 25.8 Å². The molecule has 134 valence electrons. The van der Waals surface area contributed by atoms with Gasteiger partial charge in [-0.05, 0) is 36.8 Å². The van der Waals surface area contributed by atoms with Gasteiger partial charge in [-0.2, -0.15) is 0 Å². The fourth-order valence-corrected chi connectivity index (χ4v) is 3.66. The maximum absolute atomic E-state index is 12.6. The molecule has 0 unspecified atom stereocenters. The molecule has 1 aliphatic heterocycles. The third kappa shape index (κ3) is 3.56. The summed E-state index contributed by atoms with van der Waals surface area (Å²) in [7, 11) is 0. The Morgan fingerprint density at radius 3 is 2.88 bits per heavy atom. The Hall–Kier alpha value is -2.46. The number of fused-ring (bicyclic) bond motifs is 3. The standard InChI is InChI=1S/C21H21ClN2O2/c22-15-8-9-19-17(13-15)18-14-24(11-10-20(18)23-19)21(25)7-4-12-26-16-5-2-1-3-6-16/h1-3,5-6,8-9,13,23H,4,7,10-12,14H2. The van der Waals surface area contributed by atoms with E-state index < -0.39 is 0 Å². The van der Waals surface area contributed by atoms with Gasteiger partial charge >= 0.3 is 0 Å². The third-order valence-corrected chi connectivity index (χ3v) is 5.07. The van der Waals surface area contributed by atoms with Crippen LogP contribution in [0.3, 0.4) is 0 Å². The van der Waals surface area contributed by atoms with Crippen molar-refractivity contribution < 1.29 is 9.53 Å². The van der Waals surface area contributed by atoms with Crippen LogP contribution in [-0.4, -0.2) is 28.9 Å². The van der Waals surface area contributed by atoms with Gasteiger partial charge in [0.05, 0.1) is 6.61 Å². The average Bonchev–Trinajstić information content (AvgIpc) is 3.03. The quantitative estimate of drug-likeness (QED) is 0.671. The first-order chi connectivity index (χ1) is 12.7. The third-order valence-electron chi connectivity index (χ3n) is 4.84. The second-order valence-electron chi connectivity index (χ2n) is 6.60. The summed E-state index contributed by atoms with van der Waals surface area (Å²) in [6.07, 6.45) is 2.08. The Balaban J connectivity index is 1.35. The van der Waals surface area contributed by atoms with Crippen LogP contribution < -0.4 is 4.74 Å². The number of aromatic nitrogens is 1. The highest BCUT2D eigenvalue weighted by Crippen LogP contribution is 2.30. The van der Waals surface area contributed by atoms with E-state index in [2.05, 4.69) is 4.98 Å². The predicted molar refractivity (Wildman–Crippen MR) is 104 cm³/mol. The summed E-state index contributed by atoms with van der Waals surface area (Å²) in [5, 5.41) is 1.85. The minimum atomic E-state index is 0.184. The summed E-state index contributed by atoms with van der Waals surface area (Å²) < 4.78 is 5.67. The van der Waals surface area contributed by atoms with Gasteiger partial charge in [0, 0.05) is 53.1 Å². The number of hydrogen-bond acceptors (Lipinski definition) is 2. The van der Waals surface area contributed by atoms with Crippen molar-refractivity contribution in [2.24, 2.45) is 0 Å². The molecule has 1 aliphatic rings. The first-order valence-corrected chi connectivity index (χ1v) is 9.33. The molecule has 4 nitrogen and oxygen atoms in total. The molecule has 0 saturated carbocycles. The second-order valence-corrected chi connectivity index (χ2v) is 7.04. The number of amides is 1. The molecule has 0 saturated heterocycles. The molecule has 1 N–H and O–H groups in total. The van der Waals surface area contributed by atoms with Crippen molar-refractivity contribution in [3.63, 3.8) is 0 Å². The van der Waals surface area contributed by atoms with Crippen LogP contribution in [0.4, 0.5) is 0 Å². The number of carbonyl (C=O) groups is 1. The van der Waals surface area contributed by atoms with Gasteiger partial charge in [-0.25, -0.2) is 0 Å². The van der Waals surface area contributed by atoms with Crippen LogP contribution >= 0.6 is 11.6 Å². The highest BCUT2D eigenvalue weighted by atomic mass is 35.5. The van der Waals surface area contributed by atoms with Crippen molar-refractivity contribution in [2.75, 3.05) is 13.2 Å². The van der Waals surface area contributed by atoms with E-state index in [1.54, 1.807) is 0 Å². The van der Waals surface area contributed by atoms with E-state index in [9.17, 15) is 4.79 Å². The van der Waals surface area contributed by atoms with Crippen LogP contribution in [0.15, 0.2) is 48.5 Å². The lowest BCUT2D eigenvalue weighted by atomic mass is 10.0. The van der Waals surface area contributed by atoms with E-state index in [4.69, 9.17) is 16.3 Å². The van der Waals surface area contributed by atoms with Crippen molar-refractivity contribution in [1.29, 1.82) is 0 Å². The molecule has 0 spiro atoms. The predicted octanol–water partition coefficient (Wildman–Crippen LogP) is 4.57. The van der Waals surface area contributed by atoms with Crippen LogP contribution in [0.1, 0.15) is 24.1 Å². The Kier molecular flexibility index (Phi) is 4.85. The lowest BCUT2D eigenvalue weighted by Gasteiger charge is -2.27. The zero-order chi connectivity index (χ0) is 17.9. The monoisotopic (exact) mass is 368 g/mol. The van der Waals surface area contributed by atoms with E-state index >= 15 is 0 Å². The van der Waals surface area contributed by atoms with Gasteiger partial charge in [-0.1, -0.05) is 29.8 Å². The molecule has 1 aromatic heterocycles. The van der Waals surface area contributed by atoms with Crippen molar-refractivity contribution in [3.8, 4) is 5.75 Å². The van der Waals surface area contributed by atoms with E-state index in [0.717, 1.165) is 41.1 Å². The smallest absolute Gasteiger partial charge is 0.223 e. The Morgan fingerprint density at radius 1 is 1.19 bits per heavy atom. The van der Waals surface area contributed by atoms with Crippen LogP contribution in [0.2, 0.25) is 5.02 Å². The number of rotatable bonds is 5. The first kappa shape index (κ1) is 17.0. The van der Waals surface area contributed by atoms with Gasteiger partial charge < -0.3 is 14.6 Å². The Morgan fingerprint density at radius 2 is 2.04 bits per heavy atom. The normalized spacial score (nSPS) is 13.7. The lowest BCUT2D eigenvalue weighted by Crippen LogP contribution is -2.35. The SMILES string of the molecule is O=C(CCCOc1ccccc1)N1CCc2[nH]c3ccc(Cl)cc3c2C1. The Labute approximate surface area is 157 Å². The minimum Gasteiger partial charge on any atom is -0.494 e. The van der Waals surface area contributed by atoms with E-state index in [0.29, 0.717) is 19.6 Å². The number of nitrogens with zero attached hydrogens (tertiary/aromatic N) is 1. The number of nitrogens with one attached hydrogen (secondary N) is 1. The maximum Gasteiger partial charge on any atom is 0.223 e. The summed E-state index contributed by atoms with van der Waals surface area (Å²) in [6.45, 7) is 1.96. The van der Waals surface area contributed by atoms with Gasteiger partial charge in [0.25, 0.3) is 0 Å². The molecule has 3 aromatic rings. The molecule has 1 amide bonds. The van der Waals surface area contributed by atoms with E-state index in [-0.39, 0.29) is 5.91 Å².